The second kappa shape index (κ2) is 6.69. The lowest BCUT2D eigenvalue weighted by Crippen LogP contribution is -2.47. The molecule has 1 aliphatic heterocycles. The molecule has 6 heteroatoms. The van der Waals surface area contributed by atoms with Crippen LogP contribution in [-0.4, -0.2) is 30.1 Å². The first kappa shape index (κ1) is 14.0. The van der Waals surface area contributed by atoms with Gasteiger partial charge in [-0.05, 0) is 24.9 Å². The Bertz CT molecular complexity index is 593. The normalized spacial score (nSPS) is 18.2. The Morgan fingerprint density at radius 3 is 2.95 bits per heavy atom. The standard InChI is InChI=1S/C15H18N4OS/c20-14(18-12-7-4-8-16-9-12)19-15-17-10-13(21-15)11-5-2-1-3-6-11/h1-3,5-6,10,12,16H,4,7-9H2,(H2,17,18,19,20). The summed E-state index contributed by atoms with van der Waals surface area (Å²) < 4.78 is 0. The molecule has 1 fully saturated rings. The minimum Gasteiger partial charge on any atom is -0.334 e. The largest absolute Gasteiger partial charge is 0.334 e. The molecule has 1 saturated heterocycles. The maximum absolute atomic E-state index is 11.9. The van der Waals surface area contributed by atoms with Gasteiger partial charge in [-0.2, -0.15) is 0 Å². The number of benzene rings is 1. The van der Waals surface area contributed by atoms with Crippen molar-refractivity contribution in [2.24, 2.45) is 0 Å². The summed E-state index contributed by atoms with van der Waals surface area (Å²) >= 11 is 1.48. The molecule has 1 aromatic heterocycles. The molecule has 2 amide bonds. The van der Waals surface area contributed by atoms with Gasteiger partial charge in [-0.15, -0.1) is 0 Å². The van der Waals surface area contributed by atoms with Gasteiger partial charge in [0, 0.05) is 18.8 Å². The van der Waals surface area contributed by atoms with Gasteiger partial charge in [0.15, 0.2) is 5.13 Å². The van der Waals surface area contributed by atoms with Gasteiger partial charge in [-0.25, -0.2) is 9.78 Å². The lowest BCUT2D eigenvalue weighted by molar-refractivity contribution is 0.245. The molecule has 2 heterocycles. The number of piperidine rings is 1. The van der Waals surface area contributed by atoms with E-state index in [1.54, 1.807) is 6.20 Å². The fourth-order valence-corrected chi connectivity index (χ4v) is 3.18. The Labute approximate surface area is 127 Å². The summed E-state index contributed by atoms with van der Waals surface area (Å²) in [6.45, 7) is 1.87. The number of rotatable bonds is 3. The highest BCUT2D eigenvalue weighted by molar-refractivity contribution is 7.19. The van der Waals surface area contributed by atoms with E-state index >= 15 is 0 Å². The van der Waals surface area contributed by atoms with E-state index in [0.29, 0.717) is 5.13 Å². The molecular weight excluding hydrogens is 284 g/mol. The Morgan fingerprint density at radius 1 is 1.33 bits per heavy atom. The van der Waals surface area contributed by atoms with Crippen molar-refractivity contribution in [1.29, 1.82) is 0 Å². The van der Waals surface area contributed by atoms with Gasteiger partial charge < -0.3 is 10.6 Å². The van der Waals surface area contributed by atoms with Gasteiger partial charge in [0.1, 0.15) is 0 Å². The Balaban J connectivity index is 1.58. The SMILES string of the molecule is O=C(Nc1ncc(-c2ccccc2)s1)NC1CCCNC1. The molecule has 3 N–H and O–H groups in total. The molecule has 3 rings (SSSR count). The molecule has 2 aromatic rings. The molecular formula is C15H18N4OS. The van der Waals surface area contributed by atoms with E-state index in [9.17, 15) is 4.79 Å². The first-order valence-corrected chi connectivity index (χ1v) is 7.92. The van der Waals surface area contributed by atoms with E-state index < -0.39 is 0 Å². The minimum atomic E-state index is -0.183. The number of hydrogen-bond donors (Lipinski definition) is 3. The van der Waals surface area contributed by atoms with E-state index in [1.807, 2.05) is 30.3 Å². The van der Waals surface area contributed by atoms with Crippen LogP contribution in [0.1, 0.15) is 12.8 Å². The average Bonchev–Trinajstić information content (AvgIpc) is 2.97. The molecule has 1 unspecified atom stereocenters. The summed E-state index contributed by atoms with van der Waals surface area (Å²) in [6, 6.07) is 10.0. The zero-order valence-corrected chi connectivity index (χ0v) is 12.5. The van der Waals surface area contributed by atoms with Crippen molar-refractivity contribution in [3.8, 4) is 10.4 Å². The highest BCUT2D eigenvalue weighted by Crippen LogP contribution is 2.28. The second-order valence-electron chi connectivity index (χ2n) is 5.04. The van der Waals surface area contributed by atoms with Crippen LogP contribution in [0.5, 0.6) is 0 Å². The van der Waals surface area contributed by atoms with Crippen molar-refractivity contribution in [1.82, 2.24) is 15.6 Å². The van der Waals surface area contributed by atoms with Gasteiger partial charge in [0.25, 0.3) is 0 Å². The number of carbonyl (C=O) groups excluding carboxylic acids is 1. The topological polar surface area (TPSA) is 66.0 Å². The quantitative estimate of drug-likeness (QED) is 0.816. The molecule has 1 aliphatic rings. The van der Waals surface area contributed by atoms with Crippen LogP contribution in [0.15, 0.2) is 36.5 Å². The van der Waals surface area contributed by atoms with Crippen molar-refractivity contribution < 1.29 is 4.79 Å². The third-order valence-electron chi connectivity index (χ3n) is 3.42. The molecule has 1 atom stereocenters. The maximum atomic E-state index is 11.9. The zero-order chi connectivity index (χ0) is 14.5. The van der Waals surface area contributed by atoms with Gasteiger partial charge in [-0.1, -0.05) is 41.7 Å². The summed E-state index contributed by atoms with van der Waals surface area (Å²) in [7, 11) is 0. The fourth-order valence-electron chi connectivity index (χ4n) is 2.36. The molecule has 5 nitrogen and oxygen atoms in total. The molecule has 0 aliphatic carbocycles. The lowest BCUT2D eigenvalue weighted by atomic mass is 10.1. The van der Waals surface area contributed by atoms with Crippen LogP contribution in [0.2, 0.25) is 0 Å². The van der Waals surface area contributed by atoms with E-state index in [2.05, 4.69) is 20.9 Å². The zero-order valence-electron chi connectivity index (χ0n) is 11.6. The van der Waals surface area contributed by atoms with Crippen molar-refractivity contribution in [3.63, 3.8) is 0 Å². The van der Waals surface area contributed by atoms with Gasteiger partial charge in [0.05, 0.1) is 4.88 Å². The summed E-state index contributed by atoms with van der Waals surface area (Å²) in [5.41, 5.74) is 1.11. The smallest absolute Gasteiger partial charge is 0.321 e. The number of urea groups is 1. The fraction of sp³-hybridized carbons (Fsp3) is 0.333. The number of amides is 2. The van der Waals surface area contributed by atoms with E-state index in [0.717, 1.165) is 36.4 Å². The van der Waals surface area contributed by atoms with Crippen molar-refractivity contribution >= 4 is 22.5 Å². The Morgan fingerprint density at radius 2 is 2.19 bits per heavy atom. The highest BCUT2D eigenvalue weighted by Gasteiger charge is 2.16. The maximum Gasteiger partial charge on any atom is 0.321 e. The van der Waals surface area contributed by atoms with Crippen molar-refractivity contribution in [3.05, 3.63) is 36.5 Å². The van der Waals surface area contributed by atoms with Crippen LogP contribution in [0.4, 0.5) is 9.93 Å². The van der Waals surface area contributed by atoms with E-state index in [4.69, 9.17) is 0 Å². The van der Waals surface area contributed by atoms with E-state index in [-0.39, 0.29) is 12.1 Å². The third kappa shape index (κ3) is 3.80. The van der Waals surface area contributed by atoms with Crippen LogP contribution in [0.25, 0.3) is 10.4 Å². The Hall–Kier alpha value is -1.92. The average molecular weight is 302 g/mol. The van der Waals surface area contributed by atoms with Gasteiger partial charge in [-0.3, -0.25) is 5.32 Å². The molecule has 0 bridgehead atoms. The summed E-state index contributed by atoms with van der Waals surface area (Å²) in [5, 5.41) is 9.67. The number of carbonyl (C=O) groups is 1. The van der Waals surface area contributed by atoms with Crippen LogP contribution in [-0.2, 0) is 0 Å². The molecule has 110 valence electrons. The van der Waals surface area contributed by atoms with Gasteiger partial charge >= 0.3 is 6.03 Å². The van der Waals surface area contributed by atoms with Crippen LogP contribution in [0, 0.1) is 0 Å². The monoisotopic (exact) mass is 302 g/mol. The predicted octanol–water partition coefficient (Wildman–Crippen LogP) is 2.68. The number of nitrogens with zero attached hydrogens (tertiary/aromatic N) is 1. The second-order valence-corrected chi connectivity index (χ2v) is 6.07. The van der Waals surface area contributed by atoms with Crippen LogP contribution < -0.4 is 16.0 Å². The molecule has 0 saturated carbocycles. The number of nitrogens with one attached hydrogen (secondary N) is 3. The van der Waals surface area contributed by atoms with Crippen molar-refractivity contribution in [2.75, 3.05) is 18.4 Å². The highest BCUT2D eigenvalue weighted by atomic mass is 32.1. The lowest BCUT2D eigenvalue weighted by Gasteiger charge is -2.23. The van der Waals surface area contributed by atoms with E-state index in [1.165, 1.54) is 11.3 Å². The first-order valence-electron chi connectivity index (χ1n) is 7.11. The minimum absolute atomic E-state index is 0.183. The first-order chi connectivity index (χ1) is 10.3. The number of hydrogen-bond acceptors (Lipinski definition) is 4. The summed E-state index contributed by atoms with van der Waals surface area (Å²) in [6.07, 6.45) is 3.91. The molecule has 0 spiro atoms. The number of anilines is 1. The number of aromatic nitrogens is 1. The summed E-state index contributed by atoms with van der Waals surface area (Å²) in [5.74, 6) is 0. The van der Waals surface area contributed by atoms with Crippen LogP contribution in [0.3, 0.4) is 0 Å². The molecule has 0 radical (unpaired) electrons. The molecule has 1 aromatic carbocycles. The third-order valence-corrected chi connectivity index (χ3v) is 4.38. The van der Waals surface area contributed by atoms with Crippen molar-refractivity contribution in [2.45, 2.75) is 18.9 Å². The Kier molecular flexibility index (Phi) is 4.47. The van der Waals surface area contributed by atoms with Crippen LogP contribution >= 0.6 is 11.3 Å². The predicted molar refractivity (Wildman–Crippen MR) is 85.6 cm³/mol. The molecule has 21 heavy (non-hydrogen) atoms. The summed E-state index contributed by atoms with van der Waals surface area (Å²) in [4.78, 5) is 17.2. The van der Waals surface area contributed by atoms with Gasteiger partial charge in [0.2, 0.25) is 0 Å². The number of thiazole rings is 1.